The van der Waals surface area contributed by atoms with Gasteiger partial charge in [0.05, 0.1) is 17.3 Å². The fourth-order valence-electron chi connectivity index (χ4n) is 1.08. The number of carbonyl (C=O) groups excluding carboxylic acids is 1. The van der Waals surface area contributed by atoms with Gasteiger partial charge in [-0.25, -0.2) is 0 Å². The fourth-order valence-corrected chi connectivity index (χ4v) is 1.14. The molecule has 0 radical (unpaired) electrons. The predicted molar refractivity (Wildman–Crippen MR) is 61.4 cm³/mol. The van der Waals surface area contributed by atoms with Crippen LogP contribution in [0.25, 0.3) is 0 Å². The number of thiocarbonyl (C=S) groups is 1. The second kappa shape index (κ2) is 5.50. The van der Waals surface area contributed by atoms with Gasteiger partial charge in [-0.15, -0.1) is 0 Å². The van der Waals surface area contributed by atoms with Crippen LogP contribution in [-0.2, 0) is 11.2 Å². The van der Waals surface area contributed by atoms with Crippen LogP contribution >= 0.6 is 12.2 Å². The van der Waals surface area contributed by atoms with E-state index in [0.29, 0.717) is 17.8 Å². The quantitative estimate of drug-likeness (QED) is 0.735. The minimum absolute atomic E-state index is 0.0771. The van der Waals surface area contributed by atoms with Crippen molar-refractivity contribution in [2.24, 2.45) is 5.73 Å². The number of furan rings is 1. The van der Waals surface area contributed by atoms with Crippen LogP contribution in [0.2, 0.25) is 0 Å². The van der Waals surface area contributed by atoms with Crippen molar-refractivity contribution < 1.29 is 9.21 Å². The first-order chi connectivity index (χ1) is 7.09. The van der Waals surface area contributed by atoms with E-state index in [2.05, 4.69) is 5.32 Å². The summed E-state index contributed by atoms with van der Waals surface area (Å²) >= 11 is 4.74. The van der Waals surface area contributed by atoms with Gasteiger partial charge >= 0.3 is 0 Å². The largest absolute Gasteiger partial charge is 0.469 e. The second-order valence-corrected chi connectivity index (χ2v) is 3.74. The molecule has 1 amide bonds. The molecule has 0 bridgehead atoms. The van der Waals surface area contributed by atoms with E-state index in [9.17, 15) is 4.79 Å². The molecule has 1 aromatic heterocycles. The molecule has 0 saturated heterocycles. The van der Waals surface area contributed by atoms with Crippen molar-refractivity contribution in [1.29, 1.82) is 0 Å². The molecule has 1 aromatic rings. The summed E-state index contributed by atoms with van der Waals surface area (Å²) in [4.78, 5) is 11.7. The Bertz CT molecular complexity index is 335. The Hall–Kier alpha value is -1.36. The monoisotopic (exact) mass is 226 g/mol. The highest BCUT2D eigenvalue weighted by Crippen LogP contribution is 2.03. The van der Waals surface area contributed by atoms with Crippen LogP contribution < -0.4 is 11.1 Å². The average Bonchev–Trinajstić information content (AvgIpc) is 2.66. The van der Waals surface area contributed by atoms with Crippen LogP contribution in [0.4, 0.5) is 0 Å². The first-order valence-corrected chi connectivity index (χ1v) is 5.11. The first kappa shape index (κ1) is 11.7. The Balaban J connectivity index is 2.28. The van der Waals surface area contributed by atoms with Gasteiger partial charge in [0.15, 0.2) is 0 Å². The molecule has 3 N–H and O–H groups in total. The molecule has 0 aromatic carbocycles. The van der Waals surface area contributed by atoms with Crippen molar-refractivity contribution >= 4 is 23.1 Å². The maximum Gasteiger partial charge on any atom is 0.220 e. The smallest absolute Gasteiger partial charge is 0.220 e. The molecular formula is C10H14N2O2S. The average molecular weight is 226 g/mol. The highest BCUT2D eigenvalue weighted by Gasteiger charge is 2.09. The van der Waals surface area contributed by atoms with Crippen molar-refractivity contribution in [3.8, 4) is 0 Å². The van der Waals surface area contributed by atoms with Gasteiger partial charge in [-0.05, 0) is 19.1 Å². The third-order valence-corrected chi connectivity index (χ3v) is 2.34. The van der Waals surface area contributed by atoms with Crippen LogP contribution in [0, 0.1) is 0 Å². The summed E-state index contributed by atoms with van der Waals surface area (Å²) in [6.07, 6.45) is 2.55. The molecule has 1 rings (SSSR count). The van der Waals surface area contributed by atoms with E-state index in [-0.39, 0.29) is 11.9 Å². The van der Waals surface area contributed by atoms with Gasteiger partial charge in [0.1, 0.15) is 5.76 Å². The summed E-state index contributed by atoms with van der Waals surface area (Å²) in [5.74, 6) is 0.722. The van der Waals surface area contributed by atoms with E-state index < -0.39 is 0 Å². The zero-order valence-electron chi connectivity index (χ0n) is 8.53. The molecule has 0 aliphatic carbocycles. The molecule has 82 valence electrons. The number of rotatable bonds is 5. The van der Waals surface area contributed by atoms with Crippen molar-refractivity contribution in [3.05, 3.63) is 24.2 Å². The Kier molecular flexibility index (Phi) is 4.30. The zero-order valence-corrected chi connectivity index (χ0v) is 9.34. The van der Waals surface area contributed by atoms with Gasteiger partial charge < -0.3 is 15.5 Å². The SMILES string of the molecule is CC(NC(=O)CCc1ccco1)C(N)=S. The number of carbonyl (C=O) groups is 1. The van der Waals surface area contributed by atoms with Gasteiger partial charge in [0, 0.05) is 12.8 Å². The van der Waals surface area contributed by atoms with Crippen molar-refractivity contribution in [3.63, 3.8) is 0 Å². The predicted octanol–water partition coefficient (Wildman–Crippen LogP) is 1.00. The minimum Gasteiger partial charge on any atom is -0.469 e. The van der Waals surface area contributed by atoms with Gasteiger partial charge in [-0.2, -0.15) is 0 Å². The van der Waals surface area contributed by atoms with E-state index in [1.807, 2.05) is 6.07 Å². The number of hydrogen-bond acceptors (Lipinski definition) is 3. The Morgan fingerprint density at radius 3 is 3.00 bits per heavy atom. The summed E-state index contributed by atoms with van der Waals surface area (Å²) in [6.45, 7) is 1.76. The highest BCUT2D eigenvalue weighted by molar-refractivity contribution is 7.80. The normalized spacial score (nSPS) is 12.1. The minimum atomic E-state index is -0.260. The van der Waals surface area contributed by atoms with Crippen molar-refractivity contribution in [1.82, 2.24) is 5.32 Å². The van der Waals surface area contributed by atoms with Gasteiger partial charge in [-0.1, -0.05) is 12.2 Å². The lowest BCUT2D eigenvalue weighted by molar-refractivity contribution is -0.121. The number of nitrogens with one attached hydrogen (secondary N) is 1. The number of aryl methyl sites for hydroxylation is 1. The van der Waals surface area contributed by atoms with Crippen LogP contribution in [0.5, 0.6) is 0 Å². The summed E-state index contributed by atoms with van der Waals surface area (Å²) in [6, 6.07) is 3.37. The van der Waals surface area contributed by atoms with E-state index in [1.54, 1.807) is 19.3 Å². The summed E-state index contributed by atoms with van der Waals surface area (Å²) < 4.78 is 5.11. The molecule has 0 saturated carbocycles. The Morgan fingerprint density at radius 1 is 1.73 bits per heavy atom. The standard InChI is InChI=1S/C10H14N2O2S/c1-7(10(11)15)12-9(13)5-4-8-3-2-6-14-8/h2-3,6-7H,4-5H2,1H3,(H2,11,15)(H,12,13). The van der Waals surface area contributed by atoms with Crippen molar-refractivity contribution in [2.75, 3.05) is 0 Å². The lowest BCUT2D eigenvalue weighted by Crippen LogP contribution is -2.41. The zero-order chi connectivity index (χ0) is 11.3. The summed E-state index contributed by atoms with van der Waals surface area (Å²) in [5.41, 5.74) is 5.37. The fraction of sp³-hybridized carbons (Fsp3) is 0.400. The van der Waals surface area contributed by atoms with E-state index in [1.165, 1.54) is 0 Å². The molecule has 0 aliphatic rings. The third kappa shape index (κ3) is 4.12. The molecule has 1 heterocycles. The summed E-state index contributed by atoms with van der Waals surface area (Å²) in [7, 11) is 0. The summed E-state index contributed by atoms with van der Waals surface area (Å²) in [5, 5.41) is 2.69. The van der Waals surface area contributed by atoms with E-state index in [4.69, 9.17) is 22.4 Å². The lowest BCUT2D eigenvalue weighted by Gasteiger charge is -2.11. The third-order valence-electron chi connectivity index (χ3n) is 1.98. The second-order valence-electron chi connectivity index (χ2n) is 3.27. The van der Waals surface area contributed by atoms with E-state index in [0.717, 1.165) is 5.76 Å². The molecule has 0 fully saturated rings. The topological polar surface area (TPSA) is 68.3 Å². The Morgan fingerprint density at radius 2 is 2.47 bits per heavy atom. The first-order valence-electron chi connectivity index (χ1n) is 4.70. The number of hydrogen-bond donors (Lipinski definition) is 2. The maximum atomic E-state index is 11.4. The number of nitrogens with two attached hydrogens (primary N) is 1. The van der Waals surface area contributed by atoms with Gasteiger partial charge in [0.25, 0.3) is 0 Å². The number of amides is 1. The lowest BCUT2D eigenvalue weighted by atomic mass is 10.2. The van der Waals surface area contributed by atoms with Crippen LogP contribution in [0.15, 0.2) is 22.8 Å². The Labute approximate surface area is 93.8 Å². The molecule has 5 heteroatoms. The molecule has 4 nitrogen and oxygen atoms in total. The molecule has 1 unspecified atom stereocenters. The molecule has 0 spiro atoms. The molecule has 15 heavy (non-hydrogen) atoms. The van der Waals surface area contributed by atoms with Crippen LogP contribution in [0.1, 0.15) is 19.1 Å². The van der Waals surface area contributed by atoms with Gasteiger partial charge in [0.2, 0.25) is 5.91 Å². The van der Waals surface area contributed by atoms with Gasteiger partial charge in [-0.3, -0.25) is 4.79 Å². The van der Waals surface area contributed by atoms with E-state index >= 15 is 0 Å². The van der Waals surface area contributed by atoms with Crippen molar-refractivity contribution in [2.45, 2.75) is 25.8 Å². The van der Waals surface area contributed by atoms with Crippen LogP contribution in [0.3, 0.4) is 0 Å². The highest BCUT2D eigenvalue weighted by atomic mass is 32.1. The molecule has 0 aliphatic heterocycles. The molecule has 1 atom stereocenters. The maximum absolute atomic E-state index is 11.4. The molecular weight excluding hydrogens is 212 g/mol. The van der Waals surface area contributed by atoms with Crippen LogP contribution in [-0.4, -0.2) is 16.9 Å².